The molecule has 1 aliphatic rings. The Labute approximate surface area is 224 Å². The minimum absolute atomic E-state index is 0.181. The van der Waals surface area contributed by atoms with Gasteiger partial charge in [0.1, 0.15) is 23.7 Å². The second-order valence-electron chi connectivity index (χ2n) is 8.69. The number of urea groups is 1. The molecule has 7 nitrogen and oxygen atoms in total. The molecule has 4 amide bonds. The van der Waals surface area contributed by atoms with E-state index >= 15 is 0 Å². The van der Waals surface area contributed by atoms with Crippen molar-refractivity contribution in [1.29, 1.82) is 0 Å². The Kier molecular flexibility index (Phi) is 8.08. The Hall–Kier alpha value is -3.91. The van der Waals surface area contributed by atoms with Crippen LogP contribution in [0.4, 0.5) is 10.5 Å². The molecule has 3 aromatic carbocycles. The van der Waals surface area contributed by atoms with Crippen LogP contribution in [0.3, 0.4) is 0 Å². The number of carbonyl (C=O) groups is 3. The smallest absolute Gasteiger partial charge is 0.335 e. The molecule has 1 fully saturated rings. The summed E-state index contributed by atoms with van der Waals surface area (Å²) in [5.41, 5.74) is 4.03. The molecule has 0 aromatic heterocycles. The maximum absolute atomic E-state index is 13.3. The minimum Gasteiger partial charge on any atom is -0.494 e. The molecular formula is C29H27BrN2O5. The highest BCUT2D eigenvalue weighted by Gasteiger charge is 2.37. The van der Waals surface area contributed by atoms with Gasteiger partial charge in [-0.15, -0.1) is 0 Å². The Morgan fingerprint density at radius 3 is 2.38 bits per heavy atom. The zero-order chi connectivity index (χ0) is 26.5. The highest BCUT2D eigenvalue weighted by Crippen LogP contribution is 2.29. The number of halogens is 1. The molecule has 3 aromatic rings. The fourth-order valence-corrected chi connectivity index (χ4v) is 4.16. The molecule has 1 aliphatic heterocycles. The lowest BCUT2D eigenvalue weighted by Crippen LogP contribution is -2.54. The number of benzene rings is 3. The predicted molar refractivity (Wildman–Crippen MR) is 146 cm³/mol. The lowest BCUT2D eigenvalue weighted by atomic mass is 10.1. The molecule has 4 rings (SSSR count). The van der Waals surface area contributed by atoms with E-state index in [-0.39, 0.29) is 5.57 Å². The summed E-state index contributed by atoms with van der Waals surface area (Å²) in [5.74, 6) is -0.372. The van der Waals surface area contributed by atoms with Crippen LogP contribution in [0.2, 0.25) is 0 Å². The van der Waals surface area contributed by atoms with Crippen molar-refractivity contribution in [3.8, 4) is 11.5 Å². The highest BCUT2D eigenvalue weighted by atomic mass is 79.9. The third-order valence-corrected chi connectivity index (χ3v) is 6.40. The van der Waals surface area contributed by atoms with Crippen LogP contribution < -0.4 is 19.7 Å². The topological polar surface area (TPSA) is 84.9 Å². The Bertz CT molecular complexity index is 1380. The maximum Gasteiger partial charge on any atom is 0.335 e. The fourth-order valence-electron chi connectivity index (χ4n) is 3.78. The summed E-state index contributed by atoms with van der Waals surface area (Å²) < 4.78 is 12.4. The molecule has 1 saturated heterocycles. The monoisotopic (exact) mass is 562 g/mol. The third kappa shape index (κ3) is 6.09. The molecular weight excluding hydrogens is 536 g/mol. The van der Waals surface area contributed by atoms with Crippen molar-refractivity contribution >= 4 is 45.5 Å². The highest BCUT2D eigenvalue weighted by molar-refractivity contribution is 9.10. The first-order chi connectivity index (χ1) is 17.8. The average molecular weight is 563 g/mol. The molecule has 0 bridgehead atoms. The number of ether oxygens (including phenoxy) is 2. The van der Waals surface area contributed by atoms with Crippen molar-refractivity contribution in [3.05, 3.63) is 93.0 Å². The van der Waals surface area contributed by atoms with Crippen LogP contribution in [0.1, 0.15) is 35.6 Å². The molecule has 0 aliphatic carbocycles. The minimum atomic E-state index is -0.810. The molecule has 0 unspecified atom stereocenters. The Morgan fingerprint density at radius 1 is 0.919 bits per heavy atom. The van der Waals surface area contributed by atoms with E-state index in [1.807, 2.05) is 39.0 Å². The van der Waals surface area contributed by atoms with Gasteiger partial charge in [-0.1, -0.05) is 41.1 Å². The summed E-state index contributed by atoms with van der Waals surface area (Å²) in [7, 11) is 0. The van der Waals surface area contributed by atoms with E-state index in [9.17, 15) is 14.4 Å². The molecule has 0 saturated carbocycles. The van der Waals surface area contributed by atoms with Gasteiger partial charge in [0.2, 0.25) is 0 Å². The molecule has 37 heavy (non-hydrogen) atoms. The zero-order valence-corrected chi connectivity index (χ0v) is 22.4. The van der Waals surface area contributed by atoms with E-state index in [2.05, 4.69) is 27.3 Å². The number of carbonyl (C=O) groups excluding carboxylic acids is 3. The van der Waals surface area contributed by atoms with Gasteiger partial charge in [0.05, 0.1) is 12.3 Å². The van der Waals surface area contributed by atoms with Crippen LogP contribution in [-0.2, 0) is 16.2 Å². The molecule has 0 radical (unpaired) electrons. The maximum atomic E-state index is 13.3. The van der Waals surface area contributed by atoms with Gasteiger partial charge in [-0.3, -0.25) is 14.9 Å². The first kappa shape index (κ1) is 26.2. The molecule has 0 spiro atoms. The van der Waals surface area contributed by atoms with Gasteiger partial charge >= 0.3 is 6.03 Å². The number of aryl methyl sites for hydroxylation is 2. The Morgan fingerprint density at radius 2 is 1.68 bits per heavy atom. The van der Waals surface area contributed by atoms with Gasteiger partial charge in [-0.05, 0) is 85.5 Å². The lowest BCUT2D eigenvalue weighted by molar-refractivity contribution is -0.122. The molecule has 0 atom stereocenters. The number of barbiturate groups is 1. The van der Waals surface area contributed by atoms with Crippen LogP contribution >= 0.6 is 15.9 Å². The molecule has 1 N–H and O–H groups in total. The fraction of sp³-hybridized carbons (Fsp3) is 0.207. The molecule has 8 heteroatoms. The van der Waals surface area contributed by atoms with Gasteiger partial charge < -0.3 is 9.47 Å². The summed E-state index contributed by atoms with van der Waals surface area (Å²) in [5, 5.41) is 2.26. The van der Waals surface area contributed by atoms with Crippen molar-refractivity contribution in [3.63, 3.8) is 0 Å². The number of nitrogens with one attached hydrogen (secondary N) is 1. The van der Waals surface area contributed by atoms with Crippen molar-refractivity contribution in [2.24, 2.45) is 0 Å². The summed E-state index contributed by atoms with van der Waals surface area (Å²) in [6, 6.07) is 17.2. The molecule has 1 heterocycles. The largest absolute Gasteiger partial charge is 0.494 e. The SMILES string of the molecule is CCCOc1ccc(N2C(=O)NC(=O)/C(=C/c3cc(Br)ccc3OCc3ccc(C)c(C)c3)C2=O)cc1. The summed E-state index contributed by atoms with van der Waals surface area (Å²) in [6.07, 6.45) is 2.30. The van der Waals surface area contributed by atoms with Gasteiger partial charge in [0.25, 0.3) is 11.8 Å². The number of hydrogen-bond acceptors (Lipinski definition) is 5. The van der Waals surface area contributed by atoms with Crippen molar-refractivity contribution in [2.75, 3.05) is 11.5 Å². The quantitative estimate of drug-likeness (QED) is 0.265. The van der Waals surface area contributed by atoms with Crippen LogP contribution in [0.15, 0.2) is 70.7 Å². The van der Waals surface area contributed by atoms with E-state index in [4.69, 9.17) is 9.47 Å². The summed E-state index contributed by atoms with van der Waals surface area (Å²) in [4.78, 5) is 39.6. The average Bonchev–Trinajstić information content (AvgIpc) is 2.87. The van der Waals surface area contributed by atoms with E-state index in [1.54, 1.807) is 36.4 Å². The number of amides is 4. The van der Waals surface area contributed by atoms with Crippen LogP contribution in [-0.4, -0.2) is 24.5 Å². The van der Waals surface area contributed by atoms with Crippen LogP contribution in [0.5, 0.6) is 11.5 Å². The van der Waals surface area contributed by atoms with Gasteiger partial charge in [-0.25, -0.2) is 9.69 Å². The number of hydrogen-bond donors (Lipinski definition) is 1. The number of imide groups is 2. The van der Waals surface area contributed by atoms with Crippen molar-refractivity contribution in [2.45, 2.75) is 33.8 Å². The van der Waals surface area contributed by atoms with E-state index in [0.717, 1.165) is 21.4 Å². The first-order valence-corrected chi connectivity index (χ1v) is 12.7. The lowest BCUT2D eigenvalue weighted by Gasteiger charge is -2.26. The zero-order valence-electron chi connectivity index (χ0n) is 20.8. The second-order valence-corrected chi connectivity index (χ2v) is 9.61. The standard InChI is InChI=1S/C29H27BrN2O5/c1-4-13-36-24-10-8-23(9-11-24)32-28(34)25(27(33)31-29(32)35)16-21-15-22(30)7-12-26(21)37-17-20-6-5-18(2)19(3)14-20/h5-12,14-16H,4,13,17H2,1-3H3,(H,31,33,35)/b25-16-. The Balaban J connectivity index is 1.62. The molecule has 190 valence electrons. The summed E-state index contributed by atoms with van der Waals surface area (Å²) >= 11 is 3.44. The third-order valence-electron chi connectivity index (χ3n) is 5.91. The second kappa shape index (κ2) is 11.4. The number of nitrogens with zero attached hydrogens (tertiary/aromatic N) is 1. The summed E-state index contributed by atoms with van der Waals surface area (Å²) in [6.45, 7) is 6.97. The van der Waals surface area contributed by atoms with Crippen LogP contribution in [0, 0.1) is 13.8 Å². The number of anilines is 1. The van der Waals surface area contributed by atoms with Crippen molar-refractivity contribution in [1.82, 2.24) is 5.32 Å². The van der Waals surface area contributed by atoms with E-state index < -0.39 is 17.8 Å². The predicted octanol–water partition coefficient (Wildman–Crippen LogP) is 6.10. The van der Waals surface area contributed by atoms with E-state index in [0.29, 0.717) is 36.0 Å². The normalized spacial score (nSPS) is 14.6. The first-order valence-electron chi connectivity index (χ1n) is 11.9. The van der Waals surface area contributed by atoms with Gasteiger partial charge in [-0.2, -0.15) is 0 Å². The van der Waals surface area contributed by atoms with Crippen LogP contribution in [0.25, 0.3) is 6.08 Å². The van der Waals surface area contributed by atoms with Gasteiger partial charge in [0, 0.05) is 10.0 Å². The van der Waals surface area contributed by atoms with Crippen molar-refractivity contribution < 1.29 is 23.9 Å². The van der Waals surface area contributed by atoms with E-state index in [1.165, 1.54) is 17.2 Å². The van der Waals surface area contributed by atoms with Gasteiger partial charge in [0.15, 0.2) is 0 Å². The number of rotatable bonds is 8.